The maximum atomic E-state index is 13.6. The van der Waals surface area contributed by atoms with E-state index >= 15 is 0 Å². The molecule has 0 saturated carbocycles. The summed E-state index contributed by atoms with van der Waals surface area (Å²) in [5.74, 6) is -1.61. The van der Waals surface area contributed by atoms with Crippen molar-refractivity contribution < 1.29 is 22.8 Å². The third kappa shape index (κ3) is 14.3. The van der Waals surface area contributed by atoms with Gasteiger partial charge in [-0.1, -0.05) is 93.5 Å². The van der Waals surface area contributed by atoms with Crippen molar-refractivity contribution in [3.63, 3.8) is 0 Å². The molecule has 46 heavy (non-hydrogen) atoms. The lowest BCUT2D eigenvalue weighted by molar-refractivity contribution is -0.133. The molecule has 4 atom stereocenters. The third-order valence-electron chi connectivity index (χ3n) is 7.05. The van der Waals surface area contributed by atoms with Gasteiger partial charge in [-0.25, -0.2) is 8.42 Å². The second-order valence-electron chi connectivity index (χ2n) is 12.3. The number of sulfone groups is 1. The van der Waals surface area contributed by atoms with Gasteiger partial charge in [-0.3, -0.25) is 14.4 Å². The molecule has 0 radical (unpaired) electrons. The van der Waals surface area contributed by atoms with Gasteiger partial charge in [-0.15, -0.1) is 0 Å². The van der Waals surface area contributed by atoms with Gasteiger partial charge >= 0.3 is 0 Å². The van der Waals surface area contributed by atoms with Crippen LogP contribution in [0.2, 0.25) is 0 Å². The first-order valence-electron chi connectivity index (χ1n) is 15.4. The maximum Gasteiger partial charge on any atom is 0.243 e. The van der Waals surface area contributed by atoms with Gasteiger partial charge in [-0.2, -0.15) is 0 Å². The van der Waals surface area contributed by atoms with Crippen LogP contribution in [-0.2, 0) is 43.6 Å². The molecule has 0 aliphatic rings. The Balaban J connectivity index is 2.27. The minimum atomic E-state index is -3.47. The zero-order chi connectivity index (χ0) is 34.3. The molecule has 0 bridgehead atoms. The Morgan fingerprint density at radius 1 is 0.804 bits per heavy atom. The highest BCUT2D eigenvalue weighted by molar-refractivity contribution is 7.93. The number of rotatable bonds is 18. The lowest BCUT2D eigenvalue weighted by atomic mass is 9.98. The minimum absolute atomic E-state index is 0.0108. The molecule has 0 aromatic heterocycles. The van der Waals surface area contributed by atoms with Crippen molar-refractivity contribution in [3.8, 4) is 0 Å². The summed E-state index contributed by atoms with van der Waals surface area (Å²) >= 11 is 0. The van der Waals surface area contributed by atoms with Crippen LogP contribution in [0, 0.1) is 11.8 Å². The first-order valence-corrected chi connectivity index (χ1v) is 17.3. The van der Waals surface area contributed by atoms with E-state index in [1.54, 1.807) is 0 Å². The normalized spacial score (nSPS) is 14.3. The number of nitrogens with zero attached hydrogens (tertiary/aromatic N) is 3. The Morgan fingerprint density at radius 2 is 1.30 bits per heavy atom. The lowest BCUT2D eigenvalue weighted by Gasteiger charge is -2.27. The fourth-order valence-electron chi connectivity index (χ4n) is 4.79. The van der Waals surface area contributed by atoms with E-state index in [0.717, 1.165) is 28.4 Å². The van der Waals surface area contributed by atoms with Crippen molar-refractivity contribution in [2.45, 2.75) is 84.1 Å². The van der Waals surface area contributed by atoms with E-state index in [2.05, 4.69) is 26.0 Å². The Kier molecular flexibility index (Phi) is 15.4. The van der Waals surface area contributed by atoms with Crippen LogP contribution >= 0.6 is 0 Å². The molecule has 2 aromatic carbocycles. The first-order chi connectivity index (χ1) is 21.7. The van der Waals surface area contributed by atoms with Crippen LogP contribution in [0.4, 0.5) is 0 Å². The van der Waals surface area contributed by atoms with E-state index in [0.29, 0.717) is 19.4 Å². The molecule has 0 spiro atoms. The molecular weight excluding hydrogens is 606 g/mol. The molecule has 0 saturated heterocycles. The van der Waals surface area contributed by atoms with Gasteiger partial charge in [0.2, 0.25) is 17.7 Å². The van der Waals surface area contributed by atoms with Crippen LogP contribution < -0.4 is 21.7 Å². The quantitative estimate of drug-likeness (QED) is 0.107. The molecule has 0 aliphatic carbocycles. The van der Waals surface area contributed by atoms with E-state index in [4.69, 9.17) is 11.3 Å². The van der Waals surface area contributed by atoms with Crippen molar-refractivity contribution in [3.05, 3.63) is 93.2 Å². The summed E-state index contributed by atoms with van der Waals surface area (Å²) in [6.45, 7) is 8.00. The van der Waals surface area contributed by atoms with Crippen molar-refractivity contribution in [2.24, 2.45) is 22.7 Å². The topological polar surface area (TPSA) is 196 Å². The van der Waals surface area contributed by atoms with Crippen LogP contribution in [-0.4, -0.2) is 56.6 Å². The van der Waals surface area contributed by atoms with Crippen LogP contribution in [0.1, 0.15) is 57.2 Å². The Hall–Kier alpha value is -4.19. The summed E-state index contributed by atoms with van der Waals surface area (Å²) in [6, 6.07) is 12.8. The van der Waals surface area contributed by atoms with E-state index in [1.165, 1.54) is 6.08 Å². The van der Waals surface area contributed by atoms with Crippen molar-refractivity contribution >= 4 is 27.6 Å². The average molecular weight is 654 g/mol. The van der Waals surface area contributed by atoms with Gasteiger partial charge in [-0.05, 0) is 59.7 Å². The number of nitrogens with two attached hydrogens (primary N) is 1. The smallest absolute Gasteiger partial charge is 0.243 e. The fraction of sp³-hybridized carbons (Fsp3) is 0.485. The second-order valence-corrected chi connectivity index (χ2v) is 14.2. The number of hydrogen-bond donors (Lipinski definition) is 4. The number of carbonyl (C=O) groups excluding carboxylic acids is 3. The van der Waals surface area contributed by atoms with E-state index in [9.17, 15) is 22.8 Å². The minimum Gasteiger partial charge on any atom is -0.348 e. The summed E-state index contributed by atoms with van der Waals surface area (Å²) in [5, 5.41) is 13.2. The third-order valence-corrected chi connectivity index (χ3v) is 7.70. The van der Waals surface area contributed by atoms with Gasteiger partial charge in [0.05, 0.1) is 6.04 Å². The second kappa shape index (κ2) is 18.7. The van der Waals surface area contributed by atoms with Gasteiger partial charge in [0, 0.05) is 23.1 Å². The van der Waals surface area contributed by atoms with Gasteiger partial charge < -0.3 is 21.7 Å². The molecular formula is C33H47N7O5S. The summed E-state index contributed by atoms with van der Waals surface area (Å²) in [5.41, 5.74) is 17.4. The molecule has 5 N–H and O–H groups in total. The van der Waals surface area contributed by atoms with Crippen molar-refractivity contribution in [1.29, 1.82) is 0 Å². The maximum absolute atomic E-state index is 13.6. The lowest BCUT2D eigenvalue weighted by Crippen LogP contribution is -2.56. The van der Waals surface area contributed by atoms with Crippen molar-refractivity contribution in [1.82, 2.24) is 16.0 Å². The molecule has 13 heteroatoms. The molecule has 3 amide bonds. The zero-order valence-corrected chi connectivity index (χ0v) is 28.0. The Bertz CT molecular complexity index is 1470. The number of azide groups is 1. The van der Waals surface area contributed by atoms with Crippen LogP contribution in [0.25, 0.3) is 10.4 Å². The number of hydrogen-bond acceptors (Lipinski definition) is 7. The number of benzene rings is 2. The molecule has 12 nitrogen and oxygen atoms in total. The summed E-state index contributed by atoms with van der Waals surface area (Å²) < 4.78 is 23.8. The highest BCUT2D eigenvalue weighted by Gasteiger charge is 2.30. The highest BCUT2D eigenvalue weighted by atomic mass is 32.2. The SMILES string of the molecule is CC(C)C[C@H](NC(=O)[C@H](Cc1ccccc1)N=[N+]=[N-])C(=O)N[C@@H](CC(C)C)C(=O)N[C@H](C=CS(C)(=O)=O)Cc1ccc(CN)cc1. The van der Waals surface area contributed by atoms with E-state index in [-0.39, 0.29) is 24.7 Å². The van der Waals surface area contributed by atoms with E-state index in [1.807, 2.05) is 82.3 Å². The monoisotopic (exact) mass is 653 g/mol. The average Bonchev–Trinajstić information content (AvgIpc) is 2.99. The van der Waals surface area contributed by atoms with Gasteiger partial charge in [0.15, 0.2) is 9.84 Å². The molecule has 0 unspecified atom stereocenters. The highest BCUT2D eigenvalue weighted by Crippen LogP contribution is 2.13. The molecule has 0 aliphatic heterocycles. The van der Waals surface area contributed by atoms with Crippen LogP contribution in [0.5, 0.6) is 0 Å². The van der Waals surface area contributed by atoms with Crippen molar-refractivity contribution in [2.75, 3.05) is 6.26 Å². The van der Waals surface area contributed by atoms with E-state index < -0.39 is 51.7 Å². The summed E-state index contributed by atoms with van der Waals surface area (Å²) in [7, 11) is -3.47. The van der Waals surface area contributed by atoms with Crippen LogP contribution in [0.15, 0.2) is 71.2 Å². The summed E-state index contributed by atoms with van der Waals surface area (Å²) in [4.78, 5) is 43.3. The first kappa shape index (κ1) is 38.0. The molecule has 250 valence electrons. The zero-order valence-electron chi connectivity index (χ0n) is 27.2. The number of nitrogens with one attached hydrogen (secondary N) is 3. The molecule has 0 fully saturated rings. The summed E-state index contributed by atoms with van der Waals surface area (Å²) in [6.07, 6.45) is 3.52. The standard InChI is InChI=1S/C33H47N7O5S/c1-22(2)17-28(31(41)36-27(15-16-46(5,44)45)19-25-11-13-26(21-34)14-12-25)37-32(42)29(18-23(3)4)38-33(43)30(39-40-35)20-24-9-7-6-8-10-24/h6-16,22-23,27-30H,17-21,34H2,1-5H3,(H,36,41)(H,37,42)(H,38,43)/t27-,28+,29+,30+/m1/s1. The Labute approximate surface area is 272 Å². The molecule has 0 heterocycles. The fourth-order valence-corrected chi connectivity index (χ4v) is 5.26. The number of carbonyl (C=O) groups is 3. The predicted molar refractivity (Wildman–Crippen MR) is 180 cm³/mol. The van der Waals surface area contributed by atoms with Gasteiger partial charge in [0.1, 0.15) is 18.1 Å². The van der Waals surface area contributed by atoms with Gasteiger partial charge in [0.25, 0.3) is 0 Å². The molecule has 2 aromatic rings. The predicted octanol–water partition coefficient (Wildman–Crippen LogP) is 3.71. The van der Waals surface area contributed by atoms with Crippen LogP contribution in [0.3, 0.4) is 0 Å². The molecule has 2 rings (SSSR count). The Morgan fingerprint density at radius 3 is 1.80 bits per heavy atom. The number of amides is 3. The largest absolute Gasteiger partial charge is 0.348 e.